The van der Waals surface area contributed by atoms with E-state index in [1.165, 1.54) is 32.1 Å². The summed E-state index contributed by atoms with van der Waals surface area (Å²) in [5.74, 6) is 0. The van der Waals surface area contributed by atoms with Crippen LogP contribution in [0.1, 0.15) is 51.1 Å². The topological polar surface area (TPSA) is 74.3 Å². The second-order valence-electron chi connectivity index (χ2n) is 5.30. The molecule has 0 saturated carbocycles. The van der Waals surface area contributed by atoms with Crippen molar-refractivity contribution in [2.75, 3.05) is 19.8 Å². The Labute approximate surface area is 130 Å². The Morgan fingerprint density at radius 3 is 2.81 bits per heavy atom. The number of unbranched alkanes of at least 4 members (excludes halogenated alkanes) is 5. The number of hydrogen-bond donors (Lipinski definition) is 3. The summed E-state index contributed by atoms with van der Waals surface area (Å²) in [5, 5.41) is 14.6. The third kappa shape index (κ3) is 9.79. The minimum Gasteiger partial charge on any atom is -0.389 e. The lowest BCUT2D eigenvalue weighted by molar-refractivity contribution is 0.0353. The number of thiazole rings is 1. The third-order valence-corrected chi connectivity index (χ3v) is 3.94. The summed E-state index contributed by atoms with van der Waals surface area (Å²) < 4.78 is 5.46. The third-order valence-electron chi connectivity index (χ3n) is 3.22. The zero-order valence-electron chi connectivity index (χ0n) is 12.9. The summed E-state index contributed by atoms with van der Waals surface area (Å²) in [4.78, 5) is 13.6. The van der Waals surface area contributed by atoms with Crippen molar-refractivity contribution in [3.63, 3.8) is 0 Å². The molecule has 6 heteroatoms. The van der Waals surface area contributed by atoms with Gasteiger partial charge in [-0.1, -0.05) is 50.4 Å². The molecule has 0 aromatic carbocycles. The largest absolute Gasteiger partial charge is 0.389 e. The second kappa shape index (κ2) is 11.9. The molecule has 0 aliphatic heterocycles. The van der Waals surface area contributed by atoms with Gasteiger partial charge in [-0.15, -0.1) is 0 Å². The van der Waals surface area contributed by atoms with Crippen molar-refractivity contribution in [1.82, 2.24) is 10.3 Å². The SMILES string of the molecule is CCCCCCCCOCC(O)CNCc1csc(=O)[nH]1. The smallest absolute Gasteiger partial charge is 0.304 e. The van der Waals surface area contributed by atoms with Gasteiger partial charge in [-0.05, 0) is 6.42 Å². The summed E-state index contributed by atoms with van der Waals surface area (Å²) in [6.45, 7) is 4.33. The van der Waals surface area contributed by atoms with Crippen LogP contribution in [0.25, 0.3) is 0 Å². The molecule has 1 rings (SSSR count). The quantitative estimate of drug-likeness (QED) is 0.488. The van der Waals surface area contributed by atoms with Gasteiger partial charge in [-0.2, -0.15) is 0 Å². The maximum atomic E-state index is 10.9. The molecule has 0 aliphatic carbocycles. The highest BCUT2D eigenvalue weighted by Crippen LogP contribution is 2.05. The lowest BCUT2D eigenvalue weighted by Gasteiger charge is -2.12. The van der Waals surface area contributed by atoms with Crippen LogP contribution in [0.5, 0.6) is 0 Å². The lowest BCUT2D eigenvalue weighted by atomic mass is 10.1. The monoisotopic (exact) mass is 316 g/mol. The van der Waals surface area contributed by atoms with Gasteiger partial charge >= 0.3 is 4.87 Å². The van der Waals surface area contributed by atoms with Crippen molar-refractivity contribution in [3.8, 4) is 0 Å². The summed E-state index contributed by atoms with van der Waals surface area (Å²) in [6, 6.07) is 0. The predicted octanol–water partition coefficient (Wildman–Crippen LogP) is 2.26. The van der Waals surface area contributed by atoms with Crippen LogP contribution in [0, 0.1) is 0 Å². The highest BCUT2D eigenvalue weighted by molar-refractivity contribution is 7.07. The fraction of sp³-hybridized carbons (Fsp3) is 0.800. The Morgan fingerprint density at radius 1 is 1.33 bits per heavy atom. The van der Waals surface area contributed by atoms with E-state index in [9.17, 15) is 9.90 Å². The van der Waals surface area contributed by atoms with Crippen LogP contribution in [0.3, 0.4) is 0 Å². The predicted molar refractivity (Wildman–Crippen MR) is 86.8 cm³/mol. The maximum absolute atomic E-state index is 10.9. The Morgan fingerprint density at radius 2 is 2.10 bits per heavy atom. The number of aromatic amines is 1. The van der Waals surface area contributed by atoms with Crippen molar-refractivity contribution >= 4 is 11.3 Å². The minimum atomic E-state index is -0.504. The van der Waals surface area contributed by atoms with E-state index in [-0.39, 0.29) is 4.87 Å². The van der Waals surface area contributed by atoms with Gasteiger partial charge in [0.05, 0.1) is 12.7 Å². The van der Waals surface area contributed by atoms with Gasteiger partial charge in [0.1, 0.15) is 0 Å². The molecule has 0 aliphatic rings. The van der Waals surface area contributed by atoms with Gasteiger partial charge in [0.25, 0.3) is 0 Å². The summed E-state index contributed by atoms with van der Waals surface area (Å²) >= 11 is 1.15. The van der Waals surface area contributed by atoms with Gasteiger partial charge in [-0.25, -0.2) is 0 Å². The van der Waals surface area contributed by atoms with E-state index in [0.717, 1.165) is 30.1 Å². The standard InChI is InChI=1S/C15H28N2O3S/c1-2-3-4-5-6-7-8-20-11-14(18)10-16-9-13-12-21-15(19)17-13/h12,14,16,18H,2-11H2,1H3,(H,17,19). The van der Waals surface area contributed by atoms with Crippen LogP contribution >= 0.6 is 11.3 Å². The number of H-pyrrole nitrogens is 1. The molecule has 3 N–H and O–H groups in total. The first kappa shape index (κ1) is 18.4. The van der Waals surface area contributed by atoms with E-state index in [1.54, 1.807) is 5.38 Å². The van der Waals surface area contributed by atoms with E-state index in [0.29, 0.717) is 19.7 Å². The highest BCUT2D eigenvalue weighted by atomic mass is 32.1. The molecule has 122 valence electrons. The summed E-state index contributed by atoms with van der Waals surface area (Å²) in [7, 11) is 0. The van der Waals surface area contributed by atoms with Gasteiger partial charge in [0.15, 0.2) is 0 Å². The van der Waals surface area contributed by atoms with E-state index in [2.05, 4.69) is 17.2 Å². The van der Waals surface area contributed by atoms with Crippen molar-refractivity contribution in [1.29, 1.82) is 0 Å². The second-order valence-corrected chi connectivity index (χ2v) is 6.14. The van der Waals surface area contributed by atoms with Crippen LogP contribution in [0.4, 0.5) is 0 Å². The number of hydrogen-bond acceptors (Lipinski definition) is 5. The molecule has 0 spiro atoms. The minimum absolute atomic E-state index is 0.0466. The fourth-order valence-corrected chi connectivity index (χ4v) is 2.62. The number of ether oxygens (including phenoxy) is 1. The fourth-order valence-electron chi connectivity index (χ4n) is 2.04. The number of aromatic nitrogens is 1. The number of rotatable bonds is 13. The maximum Gasteiger partial charge on any atom is 0.304 e. The molecule has 0 radical (unpaired) electrons. The molecule has 1 aromatic heterocycles. The van der Waals surface area contributed by atoms with Crippen molar-refractivity contribution in [2.24, 2.45) is 0 Å². The first-order valence-electron chi connectivity index (χ1n) is 7.85. The normalized spacial score (nSPS) is 12.7. The Kier molecular flexibility index (Phi) is 10.4. The molecule has 0 fully saturated rings. The molecule has 1 atom stereocenters. The van der Waals surface area contributed by atoms with Gasteiger partial charge in [-0.3, -0.25) is 4.79 Å². The van der Waals surface area contributed by atoms with Crippen LogP contribution in [0.15, 0.2) is 10.2 Å². The Hall–Kier alpha value is -0.690. The zero-order valence-corrected chi connectivity index (χ0v) is 13.7. The van der Waals surface area contributed by atoms with Gasteiger partial charge in [0.2, 0.25) is 0 Å². The molecular weight excluding hydrogens is 288 g/mol. The molecule has 0 saturated heterocycles. The van der Waals surface area contributed by atoms with Gasteiger partial charge < -0.3 is 20.1 Å². The van der Waals surface area contributed by atoms with E-state index >= 15 is 0 Å². The molecule has 1 heterocycles. The van der Waals surface area contributed by atoms with Crippen molar-refractivity contribution in [3.05, 3.63) is 20.7 Å². The first-order valence-corrected chi connectivity index (χ1v) is 8.73. The number of aliphatic hydroxyl groups excluding tert-OH is 1. The first-order chi connectivity index (χ1) is 10.2. The molecular formula is C15H28N2O3S. The summed E-state index contributed by atoms with van der Waals surface area (Å²) in [6.07, 6.45) is 6.96. The molecule has 5 nitrogen and oxygen atoms in total. The molecule has 0 amide bonds. The average Bonchev–Trinajstić information content (AvgIpc) is 2.87. The van der Waals surface area contributed by atoms with Gasteiger partial charge in [0, 0.05) is 30.8 Å². The summed E-state index contributed by atoms with van der Waals surface area (Å²) in [5.41, 5.74) is 0.852. The van der Waals surface area contributed by atoms with Crippen LogP contribution < -0.4 is 10.2 Å². The van der Waals surface area contributed by atoms with Crippen LogP contribution in [0.2, 0.25) is 0 Å². The molecule has 0 bridgehead atoms. The molecule has 1 unspecified atom stereocenters. The lowest BCUT2D eigenvalue weighted by Crippen LogP contribution is -2.30. The van der Waals surface area contributed by atoms with Crippen molar-refractivity contribution in [2.45, 2.75) is 58.1 Å². The Bertz CT molecular complexity index is 406. The molecule has 21 heavy (non-hydrogen) atoms. The Balaban J connectivity index is 1.89. The number of nitrogens with one attached hydrogen (secondary N) is 2. The van der Waals surface area contributed by atoms with E-state index < -0.39 is 6.10 Å². The van der Waals surface area contributed by atoms with E-state index in [1.807, 2.05) is 0 Å². The van der Waals surface area contributed by atoms with Crippen LogP contribution in [-0.4, -0.2) is 36.0 Å². The van der Waals surface area contributed by atoms with Crippen LogP contribution in [-0.2, 0) is 11.3 Å². The van der Waals surface area contributed by atoms with E-state index in [4.69, 9.17) is 4.74 Å². The average molecular weight is 316 g/mol. The zero-order chi connectivity index (χ0) is 15.3. The highest BCUT2D eigenvalue weighted by Gasteiger charge is 2.04. The number of aliphatic hydroxyl groups is 1. The molecule has 1 aromatic rings. The van der Waals surface area contributed by atoms with Crippen molar-refractivity contribution < 1.29 is 9.84 Å².